The highest BCUT2D eigenvalue weighted by Gasteiger charge is 2.25. The van der Waals surface area contributed by atoms with Crippen LogP contribution >= 0.6 is 11.8 Å². The summed E-state index contributed by atoms with van der Waals surface area (Å²) < 4.78 is 10.1. The van der Waals surface area contributed by atoms with Gasteiger partial charge in [0.25, 0.3) is 0 Å². The van der Waals surface area contributed by atoms with Crippen LogP contribution in [0.15, 0.2) is 84.0 Å². The quantitative estimate of drug-likeness (QED) is 0.228. The van der Waals surface area contributed by atoms with Gasteiger partial charge in [0.15, 0.2) is 11.2 Å². The van der Waals surface area contributed by atoms with E-state index in [4.69, 9.17) is 9.47 Å². The summed E-state index contributed by atoms with van der Waals surface area (Å²) in [6.07, 6.45) is -0.772. The van der Waals surface area contributed by atoms with E-state index in [0.717, 1.165) is 16.6 Å². The number of thioether (sulfide) groups is 1. The molecule has 3 aromatic carbocycles. The Labute approximate surface area is 211 Å². The summed E-state index contributed by atoms with van der Waals surface area (Å²) in [5.41, 5.74) is 3.44. The van der Waals surface area contributed by atoms with Gasteiger partial charge in [-0.1, -0.05) is 66.4 Å². The molecule has 0 aliphatic rings. The highest BCUT2D eigenvalue weighted by molar-refractivity contribution is 7.99. The Morgan fingerprint density at radius 1 is 1.00 bits per heavy atom. The third-order valence-electron chi connectivity index (χ3n) is 5.12. The molecule has 36 heavy (non-hydrogen) atoms. The van der Waals surface area contributed by atoms with Gasteiger partial charge in [0.1, 0.15) is 6.61 Å². The van der Waals surface area contributed by atoms with Crippen LogP contribution in [0, 0.1) is 0 Å². The van der Waals surface area contributed by atoms with E-state index in [1.807, 2.05) is 54.6 Å². The fourth-order valence-electron chi connectivity index (χ4n) is 3.40. The molecule has 1 aromatic heterocycles. The molecule has 9 nitrogen and oxygen atoms in total. The third-order valence-corrected chi connectivity index (χ3v) is 6.00. The number of aromatic nitrogens is 2. The first-order chi connectivity index (χ1) is 17.5. The number of H-pyrrole nitrogens is 1. The maximum absolute atomic E-state index is 12.5. The van der Waals surface area contributed by atoms with Crippen LogP contribution in [-0.2, 0) is 25.7 Å². The topological polar surface area (TPSA) is 122 Å². The van der Waals surface area contributed by atoms with Crippen LogP contribution in [0.1, 0.15) is 17.2 Å². The van der Waals surface area contributed by atoms with Crippen LogP contribution < -0.4 is 10.6 Å². The molecule has 2 amide bonds. The number of nitrogens with zero attached hydrogens (tertiary/aromatic N) is 1. The van der Waals surface area contributed by atoms with E-state index in [9.17, 15) is 14.4 Å². The summed E-state index contributed by atoms with van der Waals surface area (Å²) in [6, 6.07) is 22.3. The summed E-state index contributed by atoms with van der Waals surface area (Å²) >= 11 is 1.28. The zero-order chi connectivity index (χ0) is 25.3. The maximum Gasteiger partial charge on any atom is 0.408 e. The van der Waals surface area contributed by atoms with Crippen molar-refractivity contribution >= 4 is 46.5 Å². The summed E-state index contributed by atoms with van der Waals surface area (Å²) in [5.74, 6) is -0.785. The van der Waals surface area contributed by atoms with Gasteiger partial charge in [0.05, 0.1) is 23.9 Å². The molecule has 0 saturated heterocycles. The summed E-state index contributed by atoms with van der Waals surface area (Å²) in [7, 11) is 1.23. The normalized spacial score (nSPS) is 11.5. The molecule has 0 bridgehead atoms. The lowest BCUT2D eigenvalue weighted by molar-refractivity contribution is -0.143. The SMILES string of the molecule is COC(=O)[C@@H](NC(=O)OCc1ccccc1)c1cccc(NC(=O)CSc2nc3ccccc3[nH]2)c1. The Bertz CT molecular complexity index is 1330. The Balaban J connectivity index is 1.36. The molecular weight excluding hydrogens is 480 g/mol. The average molecular weight is 505 g/mol. The molecule has 3 N–H and O–H groups in total. The lowest BCUT2D eigenvalue weighted by Gasteiger charge is -2.18. The second kappa shape index (κ2) is 11.9. The Kier molecular flexibility index (Phi) is 8.20. The molecule has 4 aromatic rings. The van der Waals surface area contributed by atoms with Crippen LogP contribution in [0.3, 0.4) is 0 Å². The summed E-state index contributed by atoms with van der Waals surface area (Å²) in [5, 5.41) is 5.97. The van der Waals surface area contributed by atoms with Crippen LogP contribution in [0.4, 0.5) is 10.5 Å². The van der Waals surface area contributed by atoms with E-state index in [1.54, 1.807) is 24.3 Å². The number of hydrogen-bond donors (Lipinski definition) is 3. The maximum atomic E-state index is 12.5. The van der Waals surface area contributed by atoms with Crippen molar-refractivity contribution in [2.45, 2.75) is 17.8 Å². The van der Waals surface area contributed by atoms with Gasteiger partial charge < -0.3 is 25.1 Å². The van der Waals surface area contributed by atoms with Crippen molar-refractivity contribution in [3.05, 3.63) is 90.0 Å². The second-order valence-electron chi connectivity index (χ2n) is 7.68. The highest BCUT2D eigenvalue weighted by atomic mass is 32.2. The number of methoxy groups -OCH3 is 1. The standard InChI is InChI=1S/C26H24N4O5S/c1-34-24(32)23(30-26(33)35-15-17-8-3-2-4-9-17)18-10-7-11-19(14-18)27-22(31)16-36-25-28-20-12-5-6-13-21(20)29-25/h2-14,23H,15-16H2,1H3,(H,27,31)(H,28,29)(H,30,33)/t23-/m0/s1. The lowest BCUT2D eigenvalue weighted by Crippen LogP contribution is -2.35. The van der Waals surface area contributed by atoms with Crippen molar-refractivity contribution in [1.82, 2.24) is 15.3 Å². The van der Waals surface area contributed by atoms with Crippen molar-refractivity contribution in [2.75, 3.05) is 18.2 Å². The number of carbonyl (C=O) groups excluding carboxylic acids is 3. The first kappa shape index (κ1) is 24.8. The number of rotatable bonds is 9. The number of imidazole rings is 1. The molecule has 184 valence electrons. The second-order valence-corrected chi connectivity index (χ2v) is 8.65. The van der Waals surface area contributed by atoms with Gasteiger partial charge in [-0.05, 0) is 35.4 Å². The first-order valence-corrected chi connectivity index (χ1v) is 12.0. The minimum atomic E-state index is -1.11. The number of benzene rings is 3. The van der Waals surface area contributed by atoms with Gasteiger partial charge in [0.2, 0.25) is 5.91 Å². The fraction of sp³-hybridized carbons (Fsp3) is 0.154. The fourth-order valence-corrected chi connectivity index (χ4v) is 4.09. The van der Waals surface area contributed by atoms with Crippen LogP contribution in [0.2, 0.25) is 0 Å². The lowest BCUT2D eigenvalue weighted by atomic mass is 10.1. The van der Waals surface area contributed by atoms with Gasteiger partial charge >= 0.3 is 12.1 Å². The number of para-hydroxylation sites is 2. The predicted molar refractivity (Wildman–Crippen MR) is 136 cm³/mol. The first-order valence-electron chi connectivity index (χ1n) is 11.0. The molecule has 0 spiro atoms. The van der Waals surface area contributed by atoms with E-state index in [0.29, 0.717) is 16.4 Å². The molecular formula is C26H24N4O5S. The molecule has 4 rings (SSSR count). The number of amides is 2. The van der Waals surface area contributed by atoms with Gasteiger partial charge in [-0.2, -0.15) is 0 Å². The smallest absolute Gasteiger partial charge is 0.408 e. The molecule has 1 atom stereocenters. The third kappa shape index (κ3) is 6.63. The number of anilines is 1. The van der Waals surface area contributed by atoms with Gasteiger partial charge in [0, 0.05) is 5.69 Å². The molecule has 0 fully saturated rings. The van der Waals surface area contributed by atoms with Crippen molar-refractivity contribution < 1.29 is 23.9 Å². The number of esters is 1. The highest BCUT2D eigenvalue weighted by Crippen LogP contribution is 2.22. The number of fused-ring (bicyclic) bond motifs is 1. The molecule has 0 aliphatic heterocycles. The minimum absolute atomic E-state index is 0.0551. The number of ether oxygens (including phenoxy) is 2. The molecule has 0 radical (unpaired) electrons. The Hall–Kier alpha value is -4.31. The van der Waals surface area contributed by atoms with Gasteiger partial charge in [-0.3, -0.25) is 4.79 Å². The number of nitrogens with one attached hydrogen (secondary N) is 3. The van der Waals surface area contributed by atoms with E-state index in [-0.39, 0.29) is 18.3 Å². The Morgan fingerprint density at radius 2 is 1.78 bits per heavy atom. The molecule has 0 unspecified atom stereocenters. The van der Waals surface area contributed by atoms with E-state index >= 15 is 0 Å². The zero-order valence-electron chi connectivity index (χ0n) is 19.4. The van der Waals surface area contributed by atoms with Crippen LogP contribution in [-0.4, -0.2) is 40.8 Å². The number of hydrogen-bond acceptors (Lipinski definition) is 7. The number of alkyl carbamates (subject to hydrolysis) is 1. The van der Waals surface area contributed by atoms with Gasteiger partial charge in [-0.25, -0.2) is 14.6 Å². The van der Waals surface area contributed by atoms with Crippen molar-refractivity contribution in [2.24, 2.45) is 0 Å². The Morgan fingerprint density at radius 3 is 2.56 bits per heavy atom. The number of carbonyl (C=O) groups is 3. The molecule has 0 saturated carbocycles. The minimum Gasteiger partial charge on any atom is -0.467 e. The summed E-state index contributed by atoms with van der Waals surface area (Å²) in [6.45, 7) is 0.0551. The van der Waals surface area contributed by atoms with Crippen LogP contribution in [0.5, 0.6) is 0 Å². The predicted octanol–water partition coefficient (Wildman–Crippen LogP) is 4.43. The number of aromatic amines is 1. The molecule has 1 heterocycles. The average Bonchev–Trinajstić information content (AvgIpc) is 3.33. The van der Waals surface area contributed by atoms with Crippen LogP contribution in [0.25, 0.3) is 11.0 Å². The van der Waals surface area contributed by atoms with E-state index in [2.05, 4.69) is 20.6 Å². The van der Waals surface area contributed by atoms with Crippen molar-refractivity contribution in [3.8, 4) is 0 Å². The summed E-state index contributed by atoms with van der Waals surface area (Å²) in [4.78, 5) is 44.9. The van der Waals surface area contributed by atoms with E-state index < -0.39 is 18.1 Å². The largest absolute Gasteiger partial charge is 0.467 e. The molecule has 10 heteroatoms. The van der Waals surface area contributed by atoms with Crippen molar-refractivity contribution in [1.29, 1.82) is 0 Å². The van der Waals surface area contributed by atoms with E-state index in [1.165, 1.54) is 18.9 Å². The van der Waals surface area contributed by atoms with Gasteiger partial charge in [-0.15, -0.1) is 0 Å². The van der Waals surface area contributed by atoms with Crippen molar-refractivity contribution in [3.63, 3.8) is 0 Å². The monoisotopic (exact) mass is 504 g/mol. The molecule has 0 aliphatic carbocycles. The zero-order valence-corrected chi connectivity index (χ0v) is 20.2.